The zero-order valence-corrected chi connectivity index (χ0v) is 11.6. The van der Waals surface area contributed by atoms with Gasteiger partial charge in [-0.05, 0) is 36.4 Å². The van der Waals surface area contributed by atoms with Crippen molar-refractivity contribution in [2.45, 2.75) is 20.0 Å². The van der Waals surface area contributed by atoms with Gasteiger partial charge in [0.05, 0.1) is 15.9 Å². The maximum Gasteiger partial charge on any atom is 0.242 e. The highest BCUT2D eigenvalue weighted by molar-refractivity contribution is 14.1. The fourth-order valence-electron chi connectivity index (χ4n) is 1.29. The molecule has 0 saturated heterocycles. The van der Waals surface area contributed by atoms with Gasteiger partial charge in [0.25, 0.3) is 0 Å². The molecule has 0 aliphatic carbocycles. The van der Waals surface area contributed by atoms with Gasteiger partial charge in [-0.15, -0.1) is 0 Å². The topological polar surface area (TPSA) is 78.9 Å². The lowest BCUT2D eigenvalue weighted by atomic mass is 10.4. The molecule has 2 heterocycles. The fraction of sp³-hybridized carbons (Fsp3) is 0.300. The van der Waals surface area contributed by atoms with E-state index in [1.165, 1.54) is 6.33 Å². The lowest BCUT2D eigenvalue weighted by Gasteiger charge is -2.12. The normalized spacial score (nSPS) is 10.8. The number of anilines is 1. The van der Waals surface area contributed by atoms with Crippen LogP contribution in [-0.2, 0) is 0 Å². The Morgan fingerprint density at radius 2 is 2.18 bits per heavy atom. The molecule has 6 nitrogen and oxygen atoms in total. The third kappa shape index (κ3) is 2.65. The van der Waals surface area contributed by atoms with E-state index in [0.29, 0.717) is 17.4 Å². The molecule has 2 N–H and O–H groups in total. The predicted octanol–water partition coefficient (Wildman–Crippen LogP) is 1.64. The molecule has 0 saturated carbocycles. The average Bonchev–Trinajstić information content (AvgIpc) is 2.67. The predicted molar refractivity (Wildman–Crippen MR) is 72.0 cm³/mol. The van der Waals surface area contributed by atoms with Gasteiger partial charge >= 0.3 is 0 Å². The van der Waals surface area contributed by atoms with Gasteiger partial charge in [-0.1, -0.05) is 0 Å². The Morgan fingerprint density at radius 3 is 2.76 bits per heavy atom. The largest absolute Gasteiger partial charge is 0.473 e. The van der Waals surface area contributed by atoms with Crippen LogP contribution in [0.15, 0.2) is 18.7 Å². The summed E-state index contributed by atoms with van der Waals surface area (Å²) in [7, 11) is 0. The van der Waals surface area contributed by atoms with Crippen molar-refractivity contribution < 1.29 is 4.74 Å². The minimum atomic E-state index is 0.0119. The van der Waals surface area contributed by atoms with Crippen LogP contribution in [0.1, 0.15) is 13.8 Å². The highest BCUT2D eigenvalue weighted by Gasteiger charge is 2.12. The van der Waals surface area contributed by atoms with Crippen molar-refractivity contribution in [3.8, 4) is 11.7 Å². The van der Waals surface area contributed by atoms with Gasteiger partial charge in [0.2, 0.25) is 5.88 Å². The first kappa shape index (κ1) is 12.1. The molecule has 0 radical (unpaired) electrons. The molecule has 0 amide bonds. The smallest absolute Gasteiger partial charge is 0.242 e. The molecule has 0 atom stereocenters. The Kier molecular flexibility index (Phi) is 3.46. The van der Waals surface area contributed by atoms with E-state index in [1.54, 1.807) is 10.9 Å². The standard InChI is InChI=1S/C10H12IN5O/c1-6(2)17-10-8(12)9(13-5-14-10)16-4-7(11)3-15-16/h3-6H,12H2,1-2H3. The van der Waals surface area contributed by atoms with Crippen molar-refractivity contribution in [2.24, 2.45) is 0 Å². The van der Waals surface area contributed by atoms with E-state index < -0.39 is 0 Å². The molecular formula is C10H12IN5O. The van der Waals surface area contributed by atoms with Gasteiger partial charge in [0, 0.05) is 6.20 Å². The van der Waals surface area contributed by atoms with Crippen molar-refractivity contribution in [1.82, 2.24) is 19.7 Å². The van der Waals surface area contributed by atoms with Gasteiger partial charge in [-0.3, -0.25) is 0 Å². The minimum Gasteiger partial charge on any atom is -0.473 e. The number of halogens is 1. The van der Waals surface area contributed by atoms with Crippen molar-refractivity contribution in [3.63, 3.8) is 0 Å². The third-order valence-corrected chi connectivity index (χ3v) is 2.50. The monoisotopic (exact) mass is 345 g/mol. The van der Waals surface area contributed by atoms with Crippen LogP contribution in [-0.4, -0.2) is 25.9 Å². The molecule has 17 heavy (non-hydrogen) atoms. The first-order valence-electron chi connectivity index (χ1n) is 5.05. The van der Waals surface area contributed by atoms with Gasteiger partial charge in [0.1, 0.15) is 12.0 Å². The van der Waals surface area contributed by atoms with Crippen LogP contribution in [0, 0.1) is 3.57 Å². The summed E-state index contributed by atoms with van der Waals surface area (Å²) in [4.78, 5) is 8.12. The van der Waals surface area contributed by atoms with Crippen molar-refractivity contribution >= 4 is 28.3 Å². The maximum absolute atomic E-state index is 5.96. The van der Waals surface area contributed by atoms with E-state index in [4.69, 9.17) is 10.5 Å². The van der Waals surface area contributed by atoms with Crippen molar-refractivity contribution in [2.75, 3.05) is 5.73 Å². The SMILES string of the molecule is CC(C)Oc1ncnc(-n2cc(I)cn2)c1N. The third-order valence-electron chi connectivity index (χ3n) is 1.94. The first-order valence-corrected chi connectivity index (χ1v) is 6.13. The summed E-state index contributed by atoms with van der Waals surface area (Å²) in [5.74, 6) is 0.911. The molecule has 2 aromatic heterocycles. The second kappa shape index (κ2) is 4.86. The van der Waals surface area contributed by atoms with Crippen LogP contribution < -0.4 is 10.5 Å². The van der Waals surface area contributed by atoms with Crippen LogP contribution >= 0.6 is 22.6 Å². The molecule has 90 valence electrons. The molecule has 0 aliphatic rings. The molecule has 0 aromatic carbocycles. The summed E-state index contributed by atoms with van der Waals surface area (Å²) < 4.78 is 8.10. The Balaban J connectivity index is 2.42. The lowest BCUT2D eigenvalue weighted by Crippen LogP contribution is -2.12. The fourth-order valence-corrected chi connectivity index (χ4v) is 1.68. The molecule has 2 aromatic rings. The van der Waals surface area contributed by atoms with E-state index in [1.807, 2.05) is 20.0 Å². The maximum atomic E-state index is 5.96. The zero-order chi connectivity index (χ0) is 12.4. The Hall–Kier alpha value is -1.38. The number of nitrogens with zero attached hydrogens (tertiary/aromatic N) is 4. The zero-order valence-electron chi connectivity index (χ0n) is 9.46. The summed E-state index contributed by atoms with van der Waals surface area (Å²) in [6.45, 7) is 3.83. The number of ether oxygens (including phenoxy) is 1. The second-order valence-corrected chi connectivity index (χ2v) is 4.93. The molecule has 0 unspecified atom stereocenters. The molecular weight excluding hydrogens is 333 g/mol. The van der Waals surface area contributed by atoms with Crippen LogP contribution in [0.3, 0.4) is 0 Å². The summed E-state index contributed by atoms with van der Waals surface area (Å²) >= 11 is 2.17. The van der Waals surface area contributed by atoms with Crippen LogP contribution in [0.2, 0.25) is 0 Å². The van der Waals surface area contributed by atoms with Crippen molar-refractivity contribution in [3.05, 3.63) is 22.3 Å². The first-order chi connectivity index (χ1) is 8.08. The van der Waals surface area contributed by atoms with E-state index in [-0.39, 0.29) is 6.10 Å². The average molecular weight is 345 g/mol. The van der Waals surface area contributed by atoms with E-state index in [9.17, 15) is 0 Å². The molecule has 0 aliphatic heterocycles. The minimum absolute atomic E-state index is 0.0119. The van der Waals surface area contributed by atoms with Gasteiger partial charge in [0.15, 0.2) is 5.82 Å². The second-order valence-electron chi connectivity index (χ2n) is 3.69. The van der Waals surface area contributed by atoms with Crippen LogP contribution in [0.5, 0.6) is 5.88 Å². The van der Waals surface area contributed by atoms with Crippen LogP contribution in [0.4, 0.5) is 5.69 Å². The summed E-state index contributed by atoms with van der Waals surface area (Å²) in [5, 5.41) is 4.15. The Bertz CT molecular complexity index is 525. The Morgan fingerprint density at radius 1 is 1.41 bits per heavy atom. The van der Waals surface area contributed by atoms with E-state index in [0.717, 1.165) is 3.57 Å². The van der Waals surface area contributed by atoms with Gasteiger partial charge < -0.3 is 10.5 Å². The molecule has 2 rings (SSSR count). The summed E-state index contributed by atoms with van der Waals surface area (Å²) in [5.41, 5.74) is 6.35. The highest BCUT2D eigenvalue weighted by atomic mass is 127. The number of aromatic nitrogens is 4. The number of nitrogens with two attached hydrogens (primary N) is 1. The highest BCUT2D eigenvalue weighted by Crippen LogP contribution is 2.24. The van der Waals surface area contributed by atoms with Gasteiger partial charge in [-0.25, -0.2) is 9.67 Å². The molecule has 7 heteroatoms. The van der Waals surface area contributed by atoms with E-state index >= 15 is 0 Å². The number of rotatable bonds is 3. The quantitative estimate of drug-likeness (QED) is 0.856. The Labute approximate surface area is 112 Å². The number of nitrogen functional groups attached to an aromatic ring is 1. The number of hydrogen-bond donors (Lipinski definition) is 1. The molecule has 0 bridgehead atoms. The summed E-state index contributed by atoms with van der Waals surface area (Å²) in [6.07, 6.45) is 4.99. The van der Waals surface area contributed by atoms with Crippen LogP contribution in [0.25, 0.3) is 5.82 Å². The molecule has 0 spiro atoms. The van der Waals surface area contributed by atoms with E-state index in [2.05, 4.69) is 37.7 Å². The van der Waals surface area contributed by atoms with Gasteiger partial charge in [-0.2, -0.15) is 10.1 Å². The lowest BCUT2D eigenvalue weighted by molar-refractivity contribution is 0.233. The molecule has 0 fully saturated rings. The van der Waals surface area contributed by atoms with Crippen molar-refractivity contribution in [1.29, 1.82) is 0 Å². The number of hydrogen-bond acceptors (Lipinski definition) is 5. The summed E-state index contributed by atoms with van der Waals surface area (Å²) in [6, 6.07) is 0.